The number of anilines is 1. The molecule has 4 nitrogen and oxygen atoms in total. The lowest BCUT2D eigenvalue weighted by Crippen LogP contribution is -2.15. The molecule has 2 rings (SSSR count). The van der Waals surface area contributed by atoms with Crippen LogP contribution in [0.2, 0.25) is 0 Å². The highest BCUT2D eigenvalue weighted by Gasteiger charge is 2.04. The molecule has 0 bridgehead atoms. The van der Waals surface area contributed by atoms with Crippen molar-refractivity contribution in [1.82, 2.24) is 0 Å². The summed E-state index contributed by atoms with van der Waals surface area (Å²) in [5, 5.41) is 11.8. The number of carbonyl (C=O) groups is 1. The number of aliphatic hydroxyl groups is 1. The quantitative estimate of drug-likeness (QED) is 0.858. The van der Waals surface area contributed by atoms with E-state index in [-0.39, 0.29) is 18.9 Å². The first-order valence-corrected chi connectivity index (χ1v) is 6.87. The molecule has 2 aromatic carbocycles. The van der Waals surface area contributed by atoms with Crippen molar-refractivity contribution in [3.8, 4) is 5.75 Å². The second kappa shape index (κ2) is 7.45. The number of para-hydroxylation sites is 1. The third-order valence-electron chi connectivity index (χ3n) is 3.07. The lowest BCUT2D eigenvalue weighted by molar-refractivity contribution is -0.116. The molecule has 110 valence electrons. The summed E-state index contributed by atoms with van der Waals surface area (Å²) in [5.41, 5.74) is 2.50. The van der Waals surface area contributed by atoms with Crippen LogP contribution in [0.4, 0.5) is 5.69 Å². The van der Waals surface area contributed by atoms with Crippen LogP contribution < -0.4 is 10.1 Å². The Bertz CT molecular complexity index is 610. The second-order valence-electron chi connectivity index (χ2n) is 4.77. The molecule has 0 saturated carbocycles. The molecule has 2 N–H and O–H groups in total. The Balaban J connectivity index is 1.81. The van der Waals surface area contributed by atoms with Crippen LogP contribution >= 0.6 is 0 Å². The Morgan fingerprint density at radius 1 is 1.19 bits per heavy atom. The Morgan fingerprint density at radius 3 is 2.76 bits per heavy atom. The van der Waals surface area contributed by atoms with Gasteiger partial charge < -0.3 is 15.2 Å². The first kappa shape index (κ1) is 15.1. The summed E-state index contributed by atoms with van der Waals surface area (Å²) in [6, 6.07) is 14.8. The first-order valence-electron chi connectivity index (χ1n) is 6.87. The Morgan fingerprint density at radius 2 is 2.00 bits per heavy atom. The first-order chi connectivity index (χ1) is 10.2. The van der Waals surface area contributed by atoms with Crippen LogP contribution in [-0.2, 0) is 11.4 Å². The van der Waals surface area contributed by atoms with E-state index in [1.807, 2.05) is 31.2 Å². The fourth-order valence-electron chi connectivity index (χ4n) is 1.94. The van der Waals surface area contributed by atoms with Crippen molar-refractivity contribution in [2.75, 3.05) is 11.9 Å². The van der Waals surface area contributed by atoms with E-state index >= 15 is 0 Å². The highest BCUT2D eigenvalue weighted by Crippen LogP contribution is 2.16. The standard InChI is InChI=1S/C17H19NO3/c1-13-5-2-3-8-16(13)21-10-9-17(20)18-15-7-4-6-14(11-15)12-19/h2-8,11,19H,9-10,12H2,1H3,(H,18,20). The average Bonchev–Trinajstić information content (AvgIpc) is 2.49. The molecule has 0 aromatic heterocycles. The zero-order valence-electron chi connectivity index (χ0n) is 12.0. The van der Waals surface area contributed by atoms with Crippen LogP contribution in [0.1, 0.15) is 17.5 Å². The predicted molar refractivity (Wildman–Crippen MR) is 82.3 cm³/mol. The number of hydrogen-bond donors (Lipinski definition) is 2. The van der Waals surface area contributed by atoms with E-state index in [2.05, 4.69) is 5.32 Å². The number of benzene rings is 2. The molecule has 2 aromatic rings. The van der Waals surface area contributed by atoms with Gasteiger partial charge in [0.2, 0.25) is 5.91 Å². The van der Waals surface area contributed by atoms with E-state index in [4.69, 9.17) is 9.84 Å². The highest BCUT2D eigenvalue weighted by molar-refractivity contribution is 5.90. The maximum Gasteiger partial charge on any atom is 0.227 e. The van der Waals surface area contributed by atoms with Crippen LogP contribution in [0.3, 0.4) is 0 Å². The van der Waals surface area contributed by atoms with Crippen molar-refractivity contribution in [2.24, 2.45) is 0 Å². The third kappa shape index (κ3) is 4.61. The van der Waals surface area contributed by atoms with E-state index in [1.54, 1.807) is 24.3 Å². The fourth-order valence-corrected chi connectivity index (χ4v) is 1.94. The number of aryl methyl sites for hydroxylation is 1. The zero-order chi connectivity index (χ0) is 15.1. The van der Waals surface area contributed by atoms with Gasteiger partial charge in [-0.2, -0.15) is 0 Å². The molecule has 0 aliphatic carbocycles. The monoisotopic (exact) mass is 285 g/mol. The zero-order valence-corrected chi connectivity index (χ0v) is 12.0. The maximum atomic E-state index is 11.8. The summed E-state index contributed by atoms with van der Waals surface area (Å²) in [4.78, 5) is 11.8. The molecule has 4 heteroatoms. The van der Waals surface area contributed by atoms with Crippen LogP contribution in [0, 0.1) is 6.92 Å². The number of ether oxygens (including phenoxy) is 1. The molecule has 21 heavy (non-hydrogen) atoms. The molecule has 0 fully saturated rings. The molecule has 1 amide bonds. The second-order valence-corrected chi connectivity index (χ2v) is 4.77. The topological polar surface area (TPSA) is 58.6 Å². The largest absolute Gasteiger partial charge is 0.493 e. The number of hydrogen-bond acceptors (Lipinski definition) is 3. The highest BCUT2D eigenvalue weighted by atomic mass is 16.5. The number of carbonyl (C=O) groups excluding carboxylic acids is 1. The lowest BCUT2D eigenvalue weighted by atomic mass is 10.2. The Labute approximate surface area is 124 Å². The summed E-state index contributed by atoms with van der Waals surface area (Å²) in [7, 11) is 0. The molecule has 0 aliphatic rings. The van der Waals surface area contributed by atoms with Gasteiger partial charge >= 0.3 is 0 Å². The molecule has 0 atom stereocenters. The number of aliphatic hydroxyl groups excluding tert-OH is 1. The van der Waals surface area contributed by atoms with Gasteiger partial charge in [0.05, 0.1) is 19.6 Å². The van der Waals surface area contributed by atoms with Gasteiger partial charge in [0.25, 0.3) is 0 Å². The van der Waals surface area contributed by atoms with Crippen molar-refractivity contribution in [2.45, 2.75) is 20.0 Å². The molecule has 0 unspecified atom stereocenters. The van der Waals surface area contributed by atoms with Gasteiger partial charge in [0.1, 0.15) is 5.75 Å². The summed E-state index contributed by atoms with van der Waals surface area (Å²) >= 11 is 0. The molecule has 0 heterocycles. The third-order valence-corrected chi connectivity index (χ3v) is 3.07. The molecule has 0 saturated heterocycles. The minimum absolute atomic E-state index is 0.0416. The van der Waals surface area contributed by atoms with Crippen molar-refractivity contribution in [3.05, 3.63) is 59.7 Å². The molecular weight excluding hydrogens is 266 g/mol. The van der Waals surface area contributed by atoms with Gasteiger partial charge in [-0.15, -0.1) is 0 Å². The van der Waals surface area contributed by atoms with Crippen molar-refractivity contribution >= 4 is 11.6 Å². The van der Waals surface area contributed by atoms with Gasteiger partial charge in [0.15, 0.2) is 0 Å². The molecule has 0 spiro atoms. The number of rotatable bonds is 6. The minimum Gasteiger partial charge on any atom is -0.493 e. The van der Waals surface area contributed by atoms with E-state index in [0.717, 1.165) is 16.9 Å². The van der Waals surface area contributed by atoms with E-state index in [1.165, 1.54) is 0 Å². The van der Waals surface area contributed by atoms with Crippen molar-refractivity contribution in [1.29, 1.82) is 0 Å². The summed E-state index contributed by atoms with van der Waals surface area (Å²) in [5.74, 6) is 0.686. The fraction of sp³-hybridized carbons (Fsp3) is 0.235. The average molecular weight is 285 g/mol. The summed E-state index contributed by atoms with van der Waals surface area (Å²) in [6.45, 7) is 2.26. The normalized spacial score (nSPS) is 10.2. The van der Waals surface area contributed by atoms with Crippen LogP contribution in [-0.4, -0.2) is 17.6 Å². The van der Waals surface area contributed by atoms with Crippen LogP contribution in [0.25, 0.3) is 0 Å². The van der Waals surface area contributed by atoms with Gasteiger partial charge in [-0.05, 0) is 36.2 Å². The molecule has 0 radical (unpaired) electrons. The molecular formula is C17H19NO3. The van der Waals surface area contributed by atoms with E-state index < -0.39 is 0 Å². The van der Waals surface area contributed by atoms with E-state index in [9.17, 15) is 4.79 Å². The van der Waals surface area contributed by atoms with Gasteiger partial charge in [-0.1, -0.05) is 30.3 Å². The smallest absolute Gasteiger partial charge is 0.227 e. The summed E-state index contributed by atoms with van der Waals surface area (Å²) < 4.78 is 5.59. The minimum atomic E-state index is -0.112. The number of amides is 1. The van der Waals surface area contributed by atoms with Crippen LogP contribution in [0.15, 0.2) is 48.5 Å². The maximum absolute atomic E-state index is 11.8. The lowest BCUT2D eigenvalue weighted by Gasteiger charge is -2.09. The van der Waals surface area contributed by atoms with Gasteiger partial charge in [-0.3, -0.25) is 4.79 Å². The van der Waals surface area contributed by atoms with Gasteiger partial charge in [-0.25, -0.2) is 0 Å². The van der Waals surface area contributed by atoms with Gasteiger partial charge in [0, 0.05) is 5.69 Å². The Kier molecular flexibility index (Phi) is 5.35. The van der Waals surface area contributed by atoms with Crippen molar-refractivity contribution < 1.29 is 14.6 Å². The SMILES string of the molecule is Cc1ccccc1OCCC(=O)Nc1cccc(CO)c1. The van der Waals surface area contributed by atoms with Crippen LogP contribution in [0.5, 0.6) is 5.75 Å². The Hall–Kier alpha value is -2.33. The summed E-state index contributed by atoms with van der Waals surface area (Å²) in [6.07, 6.45) is 0.275. The van der Waals surface area contributed by atoms with E-state index in [0.29, 0.717) is 12.3 Å². The predicted octanol–water partition coefficient (Wildman–Crippen LogP) is 2.89. The number of nitrogens with one attached hydrogen (secondary N) is 1. The van der Waals surface area contributed by atoms with Crippen molar-refractivity contribution in [3.63, 3.8) is 0 Å². The molecule has 0 aliphatic heterocycles.